The highest BCUT2D eigenvalue weighted by Crippen LogP contribution is 2.18. The Morgan fingerprint density at radius 1 is 1.38 bits per heavy atom. The molecule has 4 nitrogen and oxygen atoms in total. The Morgan fingerprint density at radius 2 is 2.25 bits per heavy atom. The van der Waals surface area contributed by atoms with Gasteiger partial charge in [0.2, 0.25) is 5.91 Å². The second kappa shape index (κ2) is 5.15. The van der Waals surface area contributed by atoms with Crippen molar-refractivity contribution < 1.29 is 4.79 Å². The molecule has 2 saturated heterocycles. The van der Waals surface area contributed by atoms with Gasteiger partial charge in [0.25, 0.3) is 0 Å². The number of carbonyl (C=O) groups excluding carboxylic acids is 1. The molecule has 0 bridgehead atoms. The van der Waals surface area contributed by atoms with Crippen LogP contribution in [0.15, 0.2) is 0 Å². The molecule has 2 fully saturated rings. The van der Waals surface area contributed by atoms with Crippen molar-refractivity contribution in [1.29, 1.82) is 0 Å². The average molecular weight is 225 g/mol. The van der Waals surface area contributed by atoms with Crippen LogP contribution < -0.4 is 16.0 Å². The van der Waals surface area contributed by atoms with Gasteiger partial charge in [-0.2, -0.15) is 0 Å². The maximum atomic E-state index is 12.1. The molecule has 2 rings (SSSR count). The van der Waals surface area contributed by atoms with Crippen LogP contribution in [0.2, 0.25) is 0 Å². The van der Waals surface area contributed by atoms with Crippen molar-refractivity contribution in [1.82, 2.24) is 16.0 Å². The predicted octanol–water partition coefficient (Wildman–Crippen LogP) is 0.387. The second-order valence-corrected chi connectivity index (χ2v) is 5.22. The number of carbonyl (C=O) groups is 1. The van der Waals surface area contributed by atoms with E-state index in [2.05, 4.69) is 16.0 Å². The van der Waals surface area contributed by atoms with E-state index < -0.39 is 0 Å². The van der Waals surface area contributed by atoms with Crippen LogP contribution in [0.25, 0.3) is 0 Å². The first kappa shape index (κ1) is 11.9. The van der Waals surface area contributed by atoms with Crippen LogP contribution in [-0.2, 0) is 4.79 Å². The van der Waals surface area contributed by atoms with Crippen LogP contribution in [0.4, 0.5) is 0 Å². The molecule has 2 aliphatic rings. The van der Waals surface area contributed by atoms with E-state index in [4.69, 9.17) is 0 Å². The quantitative estimate of drug-likeness (QED) is 0.651. The molecular weight excluding hydrogens is 202 g/mol. The topological polar surface area (TPSA) is 53.2 Å². The molecule has 92 valence electrons. The van der Waals surface area contributed by atoms with E-state index >= 15 is 0 Å². The first-order valence-corrected chi connectivity index (χ1v) is 6.47. The van der Waals surface area contributed by atoms with Crippen molar-refractivity contribution in [3.8, 4) is 0 Å². The molecule has 0 aliphatic carbocycles. The zero-order valence-electron chi connectivity index (χ0n) is 10.1. The fourth-order valence-corrected chi connectivity index (χ4v) is 2.59. The first-order chi connectivity index (χ1) is 7.71. The fourth-order valence-electron chi connectivity index (χ4n) is 2.59. The van der Waals surface area contributed by atoms with Gasteiger partial charge in [-0.15, -0.1) is 0 Å². The van der Waals surface area contributed by atoms with Gasteiger partial charge in [0.05, 0.1) is 5.54 Å². The number of nitrogens with one attached hydrogen (secondary N) is 3. The summed E-state index contributed by atoms with van der Waals surface area (Å²) >= 11 is 0. The van der Waals surface area contributed by atoms with E-state index in [-0.39, 0.29) is 11.4 Å². The molecule has 0 radical (unpaired) electrons. The lowest BCUT2D eigenvalue weighted by atomic mass is 9.90. The van der Waals surface area contributed by atoms with Crippen LogP contribution in [0.5, 0.6) is 0 Å². The Hall–Kier alpha value is -0.610. The smallest absolute Gasteiger partial charge is 0.240 e. The molecule has 4 heteroatoms. The van der Waals surface area contributed by atoms with Crippen molar-refractivity contribution in [3.63, 3.8) is 0 Å². The highest BCUT2D eigenvalue weighted by Gasteiger charge is 2.34. The molecule has 0 spiro atoms. The minimum atomic E-state index is -0.336. The number of rotatable bonds is 3. The van der Waals surface area contributed by atoms with E-state index in [1.807, 2.05) is 6.92 Å². The normalized spacial score (nSPS) is 34.9. The Morgan fingerprint density at radius 3 is 2.88 bits per heavy atom. The third-order valence-electron chi connectivity index (χ3n) is 3.79. The second-order valence-electron chi connectivity index (χ2n) is 5.22. The van der Waals surface area contributed by atoms with Gasteiger partial charge in [-0.05, 0) is 52.1 Å². The largest absolute Gasteiger partial charge is 0.353 e. The fraction of sp³-hybridized carbons (Fsp3) is 0.917. The summed E-state index contributed by atoms with van der Waals surface area (Å²) in [6, 6.07) is 0.483. The summed E-state index contributed by atoms with van der Waals surface area (Å²) in [5, 5.41) is 9.80. The maximum Gasteiger partial charge on any atom is 0.240 e. The third kappa shape index (κ3) is 2.74. The van der Waals surface area contributed by atoms with E-state index in [1.165, 1.54) is 19.3 Å². The molecule has 2 atom stereocenters. The Bertz CT molecular complexity index is 243. The van der Waals surface area contributed by atoms with Crippen LogP contribution in [0.3, 0.4) is 0 Å². The summed E-state index contributed by atoms with van der Waals surface area (Å²) in [6.45, 7) is 4.85. The number of hydrogen-bond acceptors (Lipinski definition) is 3. The SMILES string of the molecule is CC1(C(=O)NCC2CCCN2)CCCCN1. The number of piperidine rings is 1. The van der Waals surface area contributed by atoms with E-state index in [1.54, 1.807) is 0 Å². The summed E-state index contributed by atoms with van der Waals surface area (Å²) in [4.78, 5) is 12.1. The minimum Gasteiger partial charge on any atom is -0.353 e. The van der Waals surface area contributed by atoms with Gasteiger partial charge < -0.3 is 16.0 Å². The van der Waals surface area contributed by atoms with Crippen molar-refractivity contribution in [2.75, 3.05) is 19.6 Å². The van der Waals surface area contributed by atoms with E-state index in [0.717, 1.165) is 32.5 Å². The van der Waals surface area contributed by atoms with Crippen LogP contribution in [0.1, 0.15) is 39.0 Å². The lowest BCUT2D eigenvalue weighted by Crippen LogP contribution is -2.58. The zero-order chi connectivity index (χ0) is 11.4. The molecular formula is C12H23N3O. The zero-order valence-corrected chi connectivity index (χ0v) is 10.1. The summed E-state index contributed by atoms with van der Waals surface area (Å²) in [6.07, 6.45) is 5.71. The molecule has 0 saturated carbocycles. The third-order valence-corrected chi connectivity index (χ3v) is 3.79. The summed E-state index contributed by atoms with van der Waals surface area (Å²) in [5.41, 5.74) is -0.336. The molecule has 0 aromatic heterocycles. The number of amides is 1. The molecule has 0 aromatic rings. The van der Waals surface area contributed by atoms with Crippen molar-refractivity contribution in [2.24, 2.45) is 0 Å². The van der Waals surface area contributed by atoms with Gasteiger partial charge in [0, 0.05) is 12.6 Å². The van der Waals surface area contributed by atoms with Gasteiger partial charge in [-0.25, -0.2) is 0 Å². The van der Waals surface area contributed by atoms with Gasteiger partial charge in [0.15, 0.2) is 0 Å². The number of hydrogen-bond donors (Lipinski definition) is 3. The Labute approximate surface area is 97.6 Å². The molecule has 2 heterocycles. The van der Waals surface area contributed by atoms with E-state index in [9.17, 15) is 4.79 Å². The predicted molar refractivity (Wildman–Crippen MR) is 64.3 cm³/mol. The highest BCUT2D eigenvalue weighted by atomic mass is 16.2. The summed E-state index contributed by atoms with van der Waals surface area (Å²) in [5.74, 6) is 0.167. The standard InChI is InChI=1S/C12H23N3O/c1-12(6-2-3-8-15-12)11(16)14-9-10-5-4-7-13-10/h10,13,15H,2-9H2,1H3,(H,14,16). The van der Waals surface area contributed by atoms with Crippen molar-refractivity contribution >= 4 is 5.91 Å². The van der Waals surface area contributed by atoms with Gasteiger partial charge >= 0.3 is 0 Å². The molecule has 16 heavy (non-hydrogen) atoms. The molecule has 0 aromatic carbocycles. The van der Waals surface area contributed by atoms with Crippen LogP contribution in [0, 0.1) is 0 Å². The monoisotopic (exact) mass is 225 g/mol. The first-order valence-electron chi connectivity index (χ1n) is 6.47. The average Bonchev–Trinajstić information content (AvgIpc) is 2.79. The highest BCUT2D eigenvalue weighted by molar-refractivity contribution is 5.86. The molecule has 1 amide bonds. The molecule has 3 N–H and O–H groups in total. The van der Waals surface area contributed by atoms with Gasteiger partial charge in [-0.1, -0.05) is 0 Å². The van der Waals surface area contributed by atoms with Crippen LogP contribution >= 0.6 is 0 Å². The molecule has 2 aliphatic heterocycles. The van der Waals surface area contributed by atoms with E-state index in [0.29, 0.717) is 6.04 Å². The van der Waals surface area contributed by atoms with Crippen molar-refractivity contribution in [2.45, 2.75) is 50.6 Å². The Kier molecular flexibility index (Phi) is 3.82. The van der Waals surface area contributed by atoms with Crippen molar-refractivity contribution in [3.05, 3.63) is 0 Å². The minimum absolute atomic E-state index is 0.167. The van der Waals surface area contributed by atoms with Gasteiger partial charge in [0.1, 0.15) is 0 Å². The van der Waals surface area contributed by atoms with Gasteiger partial charge in [-0.3, -0.25) is 4.79 Å². The summed E-state index contributed by atoms with van der Waals surface area (Å²) in [7, 11) is 0. The lowest BCUT2D eigenvalue weighted by molar-refractivity contribution is -0.128. The molecule has 2 unspecified atom stereocenters. The summed E-state index contributed by atoms with van der Waals surface area (Å²) < 4.78 is 0. The Balaban J connectivity index is 1.77. The maximum absolute atomic E-state index is 12.1. The van der Waals surface area contributed by atoms with Crippen LogP contribution in [-0.4, -0.2) is 37.1 Å². The lowest BCUT2D eigenvalue weighted by Gasteiger charge is -2.33.